The van der Waals surface area contributed by atoms with Crippen molar-refractivity contribution < 1.29 is 9.53 Å². The van der Waals surface area contributed by atoms with E-state index in [1.54, 1.807) is 11.8 Å². The average Bonchev–Trinajstić information content (AvgIpc) is 3.32. The molecule has 1 aliphatic carbocycles. The second-order valence-electron chi connectivity index (χ2n) is 5.98. The monoisotopic (exact) mass is 314 g/mol. The number of amides is 2. The van der Waals surface area contributed by atoms with Gasteiger partial charge in [-0.2, -0.15) is 5.10 Å². The van der Waals surface area contributed by atoms with Crippen LogP contribution in [0, 0.1) is 12.8 Å². The Labute approximate surface area is 135 Å². The van der Waals surface area contributed by atoms with Crippen molar-refractivity contribution in [3.05, 3.63) is 41.6 Å². The van der Waals surface area contributed by atoms with Gasteiger partial charge in [0.05, 0.1) is 18.8 Å². The fourth-order valence-corrected chi connectivity index (χ4v) is 2.74. The summed E-state index contributed by atoms with van der Waals surface area (Å²) >= 11 is 0. The van der Waals surface area contributed by atoms with Crippen LogP contribution in [0.25, 0.3) is 0 Å². The number of carbonyl (C=O) groups is 1. The molecule has 0 aliphatic heterocycles. The van der Waals surface area contributed by atoms with Crippen LogP contribution in [0.15, 0.2) is 30.3 Å². The van der Waals surface area contributed by atoms with E-state index >= 15 is 0 Å². The lowest BCUT2D eigenvalue weighted by Gasteiger charge is -2.19. The Hall–Kier alpha value is -2.50. The van der Waals surface area contributed by atoms with Crippen molar-refractivity contribution in [1.82, 2.24) is 15.1 Å². The number of aryl methyl sites for hydroxylation is 2. The average molecular weight is 314 g/mol. The molecule has 0 radical (unpaired) electrons. The fourth-order valence-electron chi connectivity index (χ4n) is 2.74. The maximum absolute atomic E-state index is 12.3. The van der Waals surface area contributed by atoms with E-state index in [0.29, 0.717) is 11.7 Å². The number of hydrogen-bond acceptors (Lipinski definition) is 3. The summed E-state index contributed by atoms with van der Waals surface area (Å²) in [6.45, 7) is 1.90. The van der Waals surface area contributed by atoms with Gasteiger partial charge in [0, 0.05) is 13.1 Å². The highest BCUT2D eigenvalue weighted by molar-refractivity contribution is 5.88. The molecular weight excluding hydrogens is 292 g/mol. The van der Waals surface area contributed by atoms with Gasteiger partial charge < -0.3 is 10.1 Å². The number of anilines is 1. The number of ether oxygens (including phenoxy) is 1. The van der Waals surface area contributed by atoms with E-state index in [1.165, 1.54) is 0 Å². The summed E-state index contributed by atoms with van der Waals surface area (Å²) in [4.78, 5) is 12.3. The van der Waals surface area contributed by atoms with Crippen LogP contribution >= 0.6 is 0 Å². The van der Waals surface area contributed by atoms with E-state index in [4.69, 9.17) is 4.74 Å². The molecule has 0 bridgehead atoms. The highest BCUT2D eigenvalue weighted by Crippen LogP contribution is 2.41. The van der Waals surface area contributed by atoms with Crippen LogP contribution in [0.1, 0.15) is 30.1 Å². The van der Waals surface area contributed by atoms with E-state index < -0.39 is 0 Å². The van der Waals surface area contributed by atoms with Gasteiger partial charge in [-0.25, -0.2) is 4.79 Å². The Morgan fingerprint density at radius 2 is 2.04 bits per heavy atom. The van der Waals surface area contributed by atoms with Gasteiger partial charge in [0.1, 0.15) is 11.6 Å². The van der Waals surface area contributed by atoms with Crippen LogP contribution in [0.3, 0.4) is 0 Å². The third kappa shape index (κ3) is 3.64. The van der Waals surface area contributed by atoms with Crippen molar-refractivity contribution in [1.29, 1.82) is 0 Å². The van der Waals surface area contributed by atoms with Gasteiger partial charge in [0.25, 0.3) is 0 Å². The van der Waals surface area contributed by atoms with Crippen LogP contribution < -0.4 is 15.4 Å². The minimum atomic E-state index is -0.208. The number of nitrogens with zero attached hydrogens (tertiary/aromatic N) is 2. The van der Waals surface area contributed by atoms with Gasteiger partial charge in [0.2, 0.25) is 0 Å². The zero-order chi connectivity index (χ0) is 16.4. The van der Waals surface area contributed by atoms with Crippen LogP contribution in [0.5, 0.6) is 5.75 Å². The molecular formula is C17H22N4O2. The zero-order valence-corrected chi connectivity index (χ0v) is 13.7. The van der Waals surface area contributed by atoms with Crippen LogP contribution in [0.2, 0.25) is 0 Å². The number of methoxy groups -OCH3 is 1. The van der Waals surface area contributed by atoms with Crippen molar-refractivity contribution in [3.63, 3.8) is 0 Å². The number of benzene rings is 1. The van der Waals surface area contributed by atoms with Crippen molar-refractivity contribution >= 4 is 11.8 Å². The first-order valence-electron chi connectivity index (χ1n) is 7.79. The lowest BCUT2D eigenvalue weighted by Crippen LogP contribution is -2.34. The molecule has 1 aromatic carbocycles. The molecule has 2 aromatic rings. The molecule has 2 amide bonds. The van der Waals surface area contributed by atoms with Gasteiger partial charge >= 0.3 is 6.03 Å². The number of urea groups is 1. The van der Waals surface area contributed by atoms with Gasteiger partial charge in [-0.05, 0) is 43.4 Å². The molecule has 23 heavy (non-hydrogen) atoms. The molecule has 1 heterocycles. The minimum absolute atomic E-state index is 0.0234. The summed E-state index contributed by atoms with van der Waals surface area (Å²) in [6, 6.07) is 9.53. The SMILES string of the molecule is COc1ccc(C(NC(=O)Nc2cc(C)nn2C)C2CC2)cc1. The van der Waals surface area contributed by atoms with E-state index in [0.717, 1.165) is 29.8 Å². The van der Waals surface area contributed by atoms with E-state index in [1.807, 2.05) is 44.3 Å². The predicted molar refractivity (Wildman–Crippen MR) is 88.6 cm³/mol. The van der Waals surface area contributed by atoms with Gasteiger partial charge in [0.15, 0.2) is 0 Å². The molecule has 0 spiro atoms. The first-order valence-corrected chi connectivity index (χ1v) is 7.79. The molecule has 1 saturated carbocycles. The van der Waals surface area contributed by atoms with E-state index in [-0.39, 0.29) is 12.1 Å². The lowest BCUT2D eigenvalue weighted by molar-refractivity contribution is 0.247. The molecule has 6 nitrogen and oxygen atoms in total. The zero-order valence-electron chi connectivity index (χ0n) is 13.7. The maximum Gasteiger partial charge on any atom is 0.320 e. The molecule has 1 unspecified atom stereocenters. The summed E-state index contributed by atoms with van der Waals surface area (Å²) in [6.07, 6.45) is 2.28. The van der Waals surface area contributed by atoms with Crippen molar-refractivity contribution in [2.24, 2.45) is 13.0 Å². The van der Waals surface area contributed by atoms with Gasteiger partial charge in [-0.3, -0.25) is 10.00 Å². The number of aromatic nitrogens is 2. The summed E-state index contributed by atoms with van der Waals surface area (Å²) in [7, 11) is 3.46. The highest BCUT2D eigenvalue weighted by atomic mass is 16.5. The second-order valence-corrected chi connectivity index (χ2v) is 5.98. The highest BCUT2D eigenvalue weighted by Gasteiger charge is 2.33. The van der Waals surface area contributed by atoms with Gasteiger partial charge in [-0.15, -0.1) is 0 Å². The first-order chi connectivity index (χ1) is 11.1. The largest absolute Gasteiger partial charge is 0.497 e. The Morgan fingerprint density at radius 1 is 1.35 bits per heavy atom. The third-order valence-electron chi connectivity index (χ3n) is 4.10. The smallest absolute Gasteiger partial charge is 0.320 e. The minimum Gasteiger partial charge on any atom is -0.497 e. The van der Waals surface area contributed by atoms with Crippen LogP contribution in [0.4, 0.5) is 10.6 Å². The number of hydrogen-bond donors (Lipinski definition) is 2. The molecule has 0 saturated heterocycles. The van der Waals surface area contributed by atoms with Gasteiger partial charge in [-0.1, -0.05) is 12.1 Å². The lowest BCUT2D eigenvalue weighted by atomic mass is 10.0. The third-order valence-corrected chi connectivity index (χ3v) is 4.10. The molecule has 3 rings (SSSR count). The second kappa shape index (κ2) is 6.32. The summed E-state index contributed by atoms with van der Waals surface area (Å²) in [5, 5.41) is 10.2. The Kier molecular flexibility index (Phi) is 4.23. The fraction of sp³-hybridized carbons (Fsp3) is 0.412. The predicted octanol–water partition coefficient (Wildman–Crippen LogP) is 3.01. The Bertz CT molecular complexity index is 689. The molecule has 1 aliphatic rings. The Morgan fingerprint density at radius 3 is 2.57 bits per heavy atom. The molecule has 6 heteroatoms. The van der Waals surface area contributed by atoms with E-state index in [9.17, 15) is 4.79 Å². The number of rotatable bonds is 5. The summed E-state index contributed by atoms with van der Waals surface area (Å²) < 4.78 is 6.85. The Balaban J connectivity index is 1.69. The summed E-state index contributed by atoms with van der Waals surface area (Å²) in [5.41, 5.74) is 1.97. The first kappa shape index (κ1) is 15.4. The number of nitrogens with one attached hydrogen (secondary N) is 2. The molecule has 1 aromatic heterocycles. The topological polar surface area (TPSA) is 68.2 Å². The van der Waals surface area contributed by atoms with Crippen molar-refractivity contribution in [3.8, 4) is 5.75 Å². The standard InChI is InChI=1S/C17H22N4O2/c1-11-10-15(21(2)20-11)18-17(22)19-16(12-4-5-12)13-6-8-14(23-3)9-7-13/h6-10,12,16H,4-5H2,1-3H3,(H2,18,19,22). The summed E-state index contributed by atoms with van der Waals surface area (Å²) in [5.74, 6) is 2.00. The molecule has 122 valence electrons. The molecule has 2 N–H and O–H groups in total. The van der Waals surface area contributed by atoms with Crippen LogP contribution in [-0.2, 0) is 7.05 Å². The van der Waals surface area contributed by atoms with Crippen molar-refractivity contribution in [2.75, 3.05) is 12.4 Å². The normalized spacial score (nSPS) is 15.1. The number of carbonyl (C=O) groups excluding carboxylic acids is 1. The maximum atomic E-state index is 12.3. The molecule has 1 atom stereocenters. The molecule has 1 fully saturated rings. The van der Waals surface area contributed by atoms with Crippen molar-refractivity contribution in [2.45, 2.75) is 25.8 Å². The quantitative estimate of drug-likeness (QED) is 0.891. The van der Waals surface area contributed by atoms with E-state index in [2.05, 4.69) is 15.7 Å². The van der Waals surface area contributed by atoms with Crippen LogP contribution in [-0.4, -0.2) is 22.9 Å².